The number of nitrogens with two attached hydrogens (primary N) is 1. The molecule has 2 atom stereocenters. The molecule has 1 unspecified atom stereocenters. The third-order valence-corrected chi connectivity index (χ3v) is 7.62. The molecule has 232 valence electrons. The standard InChI is InChI=1S/C31H39BrN4O7/c1-2-43-27(37)17-34-31(41)28(38)26(19-42-18-21-11-7-4-8-12-21)36-30(40)25(15-20-9-5-3-6-10-20)35-29(39)23-16-22(32)13-14-24(23)33/h4,7-8,11-14,16,20,25-26H,2-3,5-6,9-10,15,17-19,33H2,1H3,(H,34,41)(H,35,39)(H,36,40)/t25-,26?/m1/s1. The zero-order valence-corrected chi connectivity index (χ0v) is 25.8. The number of carbonyl (C=O) groups excluding carboxylic acids is 5. The summed E-state index contributed by atoms with van der Waals surface area (Å²) in [6.07, 6.45) is 5.35. The Labute approximate surface area is 259 Å². The summed E-state index contributed by atoms with van der Waals surface area (Å²) < 4.78 is 11.2. The molecule has 5 N–H and O–H groups in total. The van der Waals surface area contributed by atoms with Crippen LogP contribution in [-0.2, 0) is 35.3 Å². The van der Waals surface area contributed by atoms with Crippen LogP contribution < -0.4 is 21.7 Å². The lowest BCUT2D eigenvalue weighted by Gasteiger charge is -2.28. The van der Waals surface area contributed by atoms with E-state index >= 15 is 0 Å². The summed E-state index contributed by atoms with van der Waals surface area (Å²) in [6.45, 7) is 1.06. The summed E-state index contributed by atoms with van der Waals surface area (Å²) in [5.74, 6) is -3.74. The minimum Gasteiger partial charge on any atom is -0.465 e. The number of nitrogen functional groups attached to an aromatic ring is 1. The maximum atomic E-state index is 13.7. The summed E-state index contributed by atoms with van der Waals surface area (Å²) in [6, 6.07) is 11.7. The minimum absolute atomic E-state index is 0.119. The van der Waals surface area contributed by atoms with Gasteiger partial charge in [0.1, 0.15) is 18.6 Å². The number of ketones is 1. The van der Waals surface area contributed by atoms with Gasteiger partial charge in [0.15, 0.2) is 0 Å². The zero-order valence-electron chi connectivity index (χ0n) is 24.2. The molecule has 1 aliphatic carbocycles. The van der Waals surface area contributed by atoms with Gasteiger partial charge >= 0.3 is 5.97 Å². The number of hydrogen-bond acceptors (Lipinski definition) is 8. The molecule has 0 aliphatic heterocycles. The monoisotopic (exact) mass is 658 g/mol. The van der Waals surface area contributed by atoms with Gasteiger partial charge in [-0.25, -0.2) is 0 Å². The molecule has 3 amide bonds. The molecular weight excluding hydrogens is 620 g/mol. The Morgan fingerprint density at radius 3 is 2.40 bits per heavy atom. The Morgan fingerprint density at radius 2 is 1.70 bits per heavy atom. The number of esters is 1. The number of nitrogens with one attached hydrogen (secondary N) is 3. The van der Waals surface area contributed by atoms with Crippen molar-refractivity contribution in [3.8, 4) is 0 Å². The molecule has 43 heavy (non-hydrogen) atoms. The van der Waals surface area contributed by atoms with Gasteiger partial charge in [0, 0.05) is 10.2 Å². The maximum absolute atomic E-state index is 13.7. The summed E-state index contributed by atoms with van der Waals surface area (Å²) in [5.41, 5.74) is 7.32. The van der Waals surface area contributed by atoms with Crippen molar-refractivity contribution in [2.45, 2.75) is 64.1 Å². The highest BCUT2D eigenvalue weighted by Gasteiger charge is 2.32. The van der Waals surface area contributed by atoms with Crippen LogP contribution in [0.5, 0.6) is 0 Å². The minimum atomic E-state index is -1.37. The van der Waals surface area contributed by atoms with E-state index in [1.807, 2.05) is 30.3 Å². The molecule has 0 saturated heterocycles. The van der Waals surface area contributed by atoms with E-state index in [9.17, 15) is 24.0 Å². The number of anilines is 1. The van der Waals surface area contributed by atoms with Gasteiger partial charge in [0.25, 0.3) is 11.8 Å². The fraction of sp³-hybridized carbons (Fsp3) is 0.452. The quantitative estimate of drug-likeness (QED) is 0.129. The predicted octanol–water partition coefficient (Wildman–Crippen LogP) is 3.05. The van der Waals surface area contributed by atoms with Crippen molar-refractivity contribution in [1.29, 1.82) is 0 Å². The first-order valence-electron chi connectivity index (χ1n) is 14.4. The fourth-order valence-electron chi connectivity index (χ4n) is 4.88. The highest BCUT2D eigenvalue weighted by Crippen LogP contribution is 2.28. The lowest BCUT2D eigenvalue weighted by molar-refractivity contribution is -0.146. The maximum Gasteiger partial charge on any atom is 0.325 e. The lowest BCUT2D eigenvalue weighted by atomic mass is 9.84. The molecule has 0 heterocycles. The first-order valence-corrected chi connectivity index (χ1v) is 15.2. The average molecular weight is 660 g/mol. The molecule has 1 saturated carbocycles. The average Bonchev–Trinajstić information content (AvgIpc) is 3.01. The van der Waals surface area contributed by atoms with Crippen LogP contribution in [0, 0.1) is 5.92 Å². The fourth-order valence-corrected chi connectivity index (χ4v) is 5.24. The Bertz CT molecular complexity index is 1270. The molecule has 1 aliphatic rings. The number of benzene rings is 2. The van der Waals surface area contributed by atoms with E-state index in [-0.39, 0.29) is 37.0 Å². The molecule has 0 spiro atoms. The third-order valence-electron chi connectivity index (χ3n) is 7.13. The highest BCUT2D eigenvalue weighted by molar-refractivity contribution is 9.10. The Kier molecular flexibility index (Phi) is 13.6. The number of hydrogen-bond donors (Lipinski definition) is 4. The number of amides is 3. The van der Waals surface area contributed by atoms with E-state index in [0.717, 1.165) is 37.7 Å². The van der Waals surface area contributed by atoms with E-state index in [1.54, 1.807) is 25.1 Å². The van der Waals surface area contributed by atoms with Gasteiger partial charge < -0.3 is 31.2 Å². The Morgan fingerprint density at radius 1 is 0.977 bits per heavy atom. The second-order valence-corrected chi connectivity index (χ2v) is 11.3. The van der Waals surface area contributed by atoms with Crippen LogP contribution in [0.1, 0.15) is 61.4 Å². The molecule has 1 fully saturated rings. The van der Waals surface area contributed by atoms with E-state index in [2.05, 4.69) is 31.9 Å². The van der Waals surface area contributed by atoms with Crippen LogP contribution >= 0.6 is 15.9 Å². The van der Waals surface area contributed by atoms with Crippen molar-refractivity contribution in [2.75, 3.05) is 25.5 Å². The summed E-state index contributed by atoms with van der Waals surface area (Å²) in [5, 5.41) is 7.65. The molecule has 2 aromatic rings. The molecule has 0 bridgehead atoms. The smallest absolute Gasteiger partial charge is 0.325 e. The molecule has 0 radical (unpaired) electrons. The van der Waals surface area contributed by atoms with Crippen molar-refractivity contribution in [1.82, 2.24) is 16.0 Å². The molecule has 0 aromatic heterocycles. The van der Waals surface area contributed by atoms with E-state index in [4.69, 9.17) is 15.2 Å². The number of ether oxygens (including phenoxy) is 2. The van der Waals surface area contributed by atoms with Crippen molar-refractivity contribution in [3.63, 3.8) is 0 Å². The van der Waals surface area contributed by atoms with E-state index in [0.29, 0.717) is 10.9 Å². The topological polar surface area (TPSA) is 166 Å². The number of Topliss-reactive ketones (excluding diaryl/α,β-unsaturated/α-hetero) is 1. The molecule has 2 aromatic carbocycles. The van der Waals surface area contributed by atoms with Crippen molar-refractivity contribution in [3.05, 3.63) is 64.1 Å². The van der Waals surface area contributed by atoms with Gasteiger partial charge in [-0.3, -0.25) is 24.0 Å². The van der Waals surface area contributed by atoms with Crippen molar-refractivity contribution >= 4 is 51.1 Å². The van der Waals surface area contributed by atoms with Crippen LogP contribution in [0.4, 0.5) is 5.69 Å². The van der Waals surface area contributed by atoms with Gasteiger partial charge in [-0.05, 0) is 43.0 Å². The van der Waals surface area contributed by atoms with Gasteiger partial charge in [-0.2, -0.15) is 0 Å². The number of halogens is 1. The predicted molar refractivity (Wildman–Crippen MR) is 164 cm³/mol. The van der Waals surface area contributed by atoms with E-state index in [1.165, 1.54) is 0 Å². The molecule has 11 nitrogen and oxygen atoms in total. The lowest BCUT2D eigenvalue weighted by Crippen LogP contribution is -2.56. The normalized spacial score (nSPS) is 14.7. The second kappa shape index (κ2) is 17.4. The van der Waals surface area contributed by atoms with Gasteiger partial charge in [0.05, 0.1) is 25.4 Å². The SMILES string of the molecule is CCOC(=O)CNC(=O)C(=O)C(COCc1ccccc1)NC(=O)[C@@H](CC1CCCCC1)NC(=O)c1cc(Br)ccc1N. The molecule has 3 rings (SSSR count). The zero-order chi connectivity index (χ0) is 31.2. The van der Waals surface area contributed by atoms with E-state index < -0.39 is 48.1 Å². The Hall–Kier alpha value is -3.77. The third kappa shape index (κ3) is 11.1. The van der Waals surface area contributed by atoms with Gasteiger partial charge in [-0.1, -0.05) is 78.4 Å². The molecule has 12 heteroatoms. The van der Waals surface area contributed by atoms with Crippen LogP contribution in [0.2, 0.25) is 0 Å². The second-order valence-electron chi connectivity index (χ2n) is 10.4. The number of carbonyl (C=O) groups is 5. The van der Waals surface area contributed by atoms with Crippen molar-refractivity contribution in [2.24, 2.45) is 5.92 Å². The number of rotatable bonds is 15. The van der Waals surface area contributed by atoms with Crippen LogP contribution in [0.3, 0.4) is 0 Å². The first kappa shape index (κ1) is 33.7. The van der Waals surface area contributed by atoms with Crippen molar-refractivity contribution < 1.29 is 33.4 Å². The summed E-state index contributed by atoms with van der Waals surface area (Å²) in [7, 11) is 0. The molecular formula is C31H39BrN4O7. The first-order chi connectivity index (χ1) is 20.7. The largest absolute Gasteiger partial charge is 0.465 e. The van der Waals surface area contributed by atoms with Gasteiger partial charge in [0.2, 0.25) is 11.7 Å². The van der Waals surface area contributed by atoms with Crippen LogP contribution in [0.25, 0.3) is 0 Å². The summed E-state index contributed by atoms with van der Waals surface area (Å²) >= 11 is 3.34. The van der Waals surface area contributed by atoms with Crippen LogP contribution in [-0.4, -0.2) is 61.3 Å². The van der Waals surface area contributed by atoms with Crippen LogP contribution in [0.15, 0.2) is 53.0 Å². The Balaban J connectivity index is 1.77. The highest BCUT2D eigenvalue weighted by atomic mass is 79.9. The van der Waals surface area contributed by atoms with Gasteiger partial charge in [-0.15, -0.1) is 0 Å². The summed E-state index contributed by atoms with van der Waals surface area (Å²) in [4.78, 5) is 64.4.